The lowest BCUT2D eigenvalue weighted by molar-refractivity contribution is 0.0205. The second-order valence-electron chi connectivity index (χ2n) is 6.77. The van der Waals surface area contributed by atoms with Crippen molar-refractivity contribution >= 4 is 5.69 Å². The fourth-order valence-electron chi connectivity index (χ4n) is 3.44. The molecule has 1 N–H and O–H groups in total. The first-order valence-electron chi connectivity index (χ1n) is 8.40. The van der Waals surface area contributed by atoms with Crippen LogP contribution in [0.2, 0.25) is 0 Å². The molecule has 21 heavy (non-hydrogen) atoms. The zero-order valence-electron chi connectivity index (χ0n) is 13.4. The first-order chi connectivity index (χ1) is 10.2. The third-order valence-corrected chi connectivity index (χ3v) is 5.06. The number of hydrogen-bond acceptors (Lipinski definition) is 3. The monoisotopic (exact) mass is 288 g/mol. The van der Waals surface area contributed by atoms with Gasteiger partial charge in [-0.15, -0.1) is 0 Å². The molecule has 0 aliphatic carbocycles. The molecule has 1 fully saturated rings. The summed E-state index contributed by atoms with van der Waals surface area (Å²) < 4.78 is 5.98. The summed E-state index contributed by atoms with van der Waals surface area (Å²) >= 11 is 0. The highest BCUT2D eigenvalue weighted by atomic mass is 16.5. The van der Waals surface area contributed by atoms with Crippen LogP contribution in [0.3, 0.4) is 0 Å². The molecule has 0 radical (unpaired) electrons. The predicted octanol–water partition coefficient (Wildman–Crippen LogP) is 3.33. The van der Waals surface area contributed by atoms with E-state index >= 15 is 0 Å². The van der Waals surface area contributed by atoms with Crippen molar-refractivity contribution in [3.05, 3.63) is 29.8 Å². The number of rotatable bonds is 3. The number of hydrogen-bond donors (Lipinski definition) is 1. The average Bonchev–Trinajstić information content (AvgIpc) is 2.67. The molecule has 116 valence electrons. The van der Waals surface area contributed by atoms with Crippen LogP contribution in [0.25, 0.3) is 0 Å². The van der Waals surface area contributed by atoms with Crippen LogP contribution in [0.4, 0.5) is 5.69 Å². The standard InChI is InChI=1S/C18H28N2O/c1-3-18(2)14-20(13-16-9-6-7-11-21-16)17-10-5-4-8-15(17)12-19-18/h4-5,8,10,16,19H,3,6-7,9,11-14H2,1-2H3. The van der Waals surface area contributed by atoms with E-state index in [1.807, 2.05) is 0 Å². The Labute approximate surface area is 128 Å². The van der Waals surface area contributed by atoms with Gasteiger partial charge in [0.15, 0.2) is 0 Å². The predicted molar refractivity (Wildman–Crippen MR) is 87.8 cm³/mol. The largest absolute Gasteiger partial charge is 0.376 e. The summed E-state index contributed by atoms with van der Waals surface area (Å²) in [5, 5.41) is 3.75. The van der Waals surface area contributed by atoms with Crippen molar-refractivity contribution < 1.29 is 4.74 Å². The minimum atomic E-state index is 0.174. The van der Waals surface area contributed by atoms with Gasteiger partial charge in [0.05, 0.1) is 6.10 Å². The minimum absolute atomic E-state index is 0.174. The Kier molecular flexibility index (Phi) is 4.51. The van der Waals surface area contributed by atoms with Crippen molar-refractivity contribution in [1.29, 1.82) is 0 Å². The third kappa shape index (κ3) is 3.41. The van der Waals surface area contributed by atoms with Crippen LogP contribution in [0, 0.1) is 0 Å². The highest BCUT2D eigenvalue weighted by Gasteiger charge is 2.30. The van der Waals surface area contributed by atoms with E-state index in [2.05, 4.69) is 48.3 Å². The number of fused-ring (bicyclic) bond motifs is 1. The quantitative estimate of drug-likeness (QED) is 0.923. The second kappa shape index (κ2) is 6.37. The van der Waals surface area contributed by atoms with Crippen molar-refractivity contribution in [2.75, 3.05) is 24.6 Å². The Balaban J connectivity index is 1.82. The second-order valence-corrected chi connectivity index (χ2v) is 6.77. The van der Waals surface area contributed by atoms with Gasteiger partial charge in [0.2, 0.25) is 0 Å². The molecule has 0 spiro atoms. The maximum Gasteiger partial charge on any atom is 0.0749 e. The van der Waals surface area contributed by atoms with Gasteiger partial charge in [-0.1, -0.05) is 25.1 Å². The van der Waals surface area contributed by atoms with Crippen LogP contribution in [0.15, 0.2) is 24.3 Å². The van der Waals surface area contributed by atoms with Crippen molar-refractivity contribution in [3.8, 4) is 0 Å². The molecule has 0 bridgehead atoms. The highest BCUT2D eigenvalue weighted by Crippen LogP contribution is 2.29. The molecule has 3 nitrogen and oxygen atoms in total. The van der Waals surface area contributed by atoms with Crippen LogP contribution in [-0.2, 0) is 11.3 Å². The summed E-state index contributed by atoms with van der Waals surface area (Å²) in [6.45, 7) is 8.59. The zero-order chi connectivity index (χ0) is 14.7. The van der Waals surface area contributed by atoms with Gasteiger partial charge in [0.1, 0.15) is 0 Å². The number of anilines is 1. The molecule has 3 rings (SSSR count). The van der Waals surface area contributed by atoms with Crippen LogP contribution >= 0.6 is 0 Å². The molecule has 2 aliphatic rings. The number of ether oxygens (including phenoxy) is 1. The topological polar surface area (TPSA) is 24.5 Å². The number of benzene rings is 1. The summed E-state index contributed by atoms with van der Waals surface area (Å²) in [5.74, 6) is 0. The van der Waals surface area contributed by atoms with Crippen LogP contribution in [0.5, 0.6) is 0 Å². The molecule has 0 aromatic heterocycles. The summed E-state index contributed by atoms with van der Waals surface area (Å²) in [6, 6.07) is 8.81. The molecule has 3 heteroatoms. The van der Waals surface area contributed by atoms with E-state index in [0.717, 1.165) is 32.7 Å². The molecule has 1 aromatic carbocycles. The lowest BCUT2D eigenvalue weighted by Gasteiger charge is -2.37. The van der Waals surface area contributed by atoms with Crippen molar-refractivity contribution in [3.63, 3.8) is 0 Å². The minimum Gasteiger partial charge on any atom is -0.376 e. The van der Waals surface area contributed by atoms with E-state index < -0.39 is 0 Å². The SMILES string of the molecule is CCC1(C)CN(CC2CCCCO2)c2ccccc2CN1. The number of nitrogens with one attached hydrogen (secondary N) is 1. The summed E-state index contributed by atoms with van der Waals surface area (Å²) in [4.78, 5) is 2.55. The molecule has 2 heterocycles. The van der Waals surface area contributed by atoms with E-state index in [0.29, 0.717) is 6.10 Å². The van der Waals surface area contributed by atoms with Gasteiger partial charge in [0.25, 0.3) is 0 Å². The molecular formula is C18H28N2O. The summed E-state index contributed by atoms with van der Waals surface area (Å²) in [5.41, 5.74) is 2.97. The average molecular weight is 288 g/mol. The molecular weight excluding hydrogens is 260 g/mol. The Bertz CT molecular complexity index is 470. The molecule has 2 atom stereocenters. The molecule has 1 saturated heterocycles. The fourth-order valence-corrected chi connectivity index (χ4v) is 3.44. The van der Waals surface area contributed by atoms with Crippen molar-refractivity contribution in [2.24, 2.45) is 0 Å². The Hall–Kier alpha value is -1.06. The van der Waals surface area contributed by atoms with Crippen molar-refractivity contribution in [1.82, 2.24) is 5.32 Å². The Morgan fingerprint density at radius 1 is 1.33 bits per heavy atom. The zero-order valence-corrected chi connectivity index (χ0v) is 13.4. The third-order valence-electron chi connectivity index (χ3n) is 5.06. The molecule has 2 aliphatic heterocycles. The van der Waals surface area contributed by atoms with Crippen LogP contribution in [-0.4, -0.2) is 31.3 Å². The Morgan fingerprint density at radius 3 is 2.95 bits per heavy atom. The normalized spacial score (nSPS) is 29.8. The van der Waals surface area contributed by atoms with Crippen molar-refractivity contribution in [2.45, 2.75) is 57.7 Å². The van der Waals surface area contributed by atoms with E-state index in [-0.39, 0.29) is 5.54 Å². The van der Waals surface area contributed by atoms with Crippen LogP contribution in [0.1, 0.15) is 45.1 Å². The first-order valence-corrected chi connectivity index (χ1v) is 8.40. The summed E-state index contributed by atoms with van der Waals surface area (Å²) in [7, 11) is 0. The Morgan fingerprint density at radius 2 is 2.19 bits per heavy atom. The molecule has 0 saturated carbocycles. The highest BCUT2D eigenvalue weighted by molar-refractivity contribution is 5.55. The fraction of sp³-hybridized carbons (Fsp3) is 0.667. The molecule has 1 aromatic rings. The number of nitrogens with zero attached hydrogens (tertiary/aromatic N) is 1. The smallest absolute Gasteiger partial charge is 0.0749 e. The lowest BCUT2D eigenvalue weighted by atomic mass is 9.98. The summed E-state index contributed by atoms with van der Waals surface area (Å²) in [6.07, 6.45) is 5.27. The van der Waals surface area contributed by atoms with E-state index in [1.54, 1.807) is 0 Å². The van der Waals surface area contributed by atoms with E-state index in [1.165, 1.54) is 30.5 Å². The van der Waals surface area contributed by atoms with Crippen LogP contribution < -0.4 is 10.2 Å². The van der Waals surface area contributed by atoms with E-state index in [4.69, 9.17) is 4.74 Å². The van der Waals surface area contributed by atoms with Gasteiger partial charge in [-0.25, -0.2) is 0 Å². The van der Waals surface area contributed by atoms with Gasteiger partial charge >= 0.3 is 0 Å². The molecule has 0 amide bonds. The van der Waals surface area contributed by atoms with Gasteiger partial charge in [0, 0.05) is 37.5 Å². The molecule has 2 unspecified atom stereocenters. The van der Waals surface area contributed by atoms with E-state index in [9.17, 15) is 0 Å². The van der Waals surface area contributed by atoms with Gasteiger partial charge < -0.3 is 15.0 Å². The van der Waals surface area contributed by atoms with Gasteiger partial charge in [-0.2, -0.15) is 0 Å². The lowest BCUT2D eigenvalue weighted by Crippen LogP contribution is -2.50. The number of para-hydroxylation sites is 1. The maximum absolute atomic E-state index is 5.98. The van der Waals surface area contributed by atoms with Gasteiger partial charge in [-0.05, 0) is 44.2 Å². The van der Waals surface area contributed by atoms with Gasteiger partial charge in [-0.3, -0.25) is 0 Å². The first kappa shape index (κ1) is 14.9. The maximum atomic E-state index is 5.98.